The first-order valence-corrected chi connectivity index (χ1v) is 10.2. The summed E-state index contributed by atoms with van der Waals surface area (Å²) >= 11 is 0. The molecular formula is C22H39IN4O5. The topological polar surface area (TPSA) is 102 Å². The molecule has 1 amide bonds. The lowest BCUT2D eigenvalue weighted by Gasteiger charge is -2.29. The molecule has 184 valence electrons. The summed E-state index contributed by atoms with van der Waals surface area (Å²) in [6.07, 6.45) is 0.192. The number of carbonyl (C=O) groups is 1. The monoisotopic (exact) mass is 566 g/mol. The number of methoxy groups -OCH3 is 3. The van der Waals surface area contributed by atoms with Gasteiger partial charge in [-0.3, -0.25) is 4.99 Å². The summed E-state index contributed by atoms with van der Waals surface area (Å²) in [7, 11) is 6.53. The Kier molecular flexibility index (Phi) is 12.6. The molecule has 10 heteroatoms. The highest BCUT2D eigenvalue weighted by atomic mass is 127. The number of guanidine groups is 1. The van der Waals surface area contributed by atoms with Crippen molar-refractivity contribution in [3.63, 3.8) is 0 Å². The zero-order chi connectivity index (χ0) is 23.7. The average Bonchev–Trinajstić information content (AvgIpc) is 2.68. The standard InChI is InChI=1S/C22H38N4O5.HI/c1-21(2,3)31-20(27)26-22(4,5)14-25-19(23-6)24-11-10-16-17(29-8)12-15(28-7)13-18(16)30-9;/h12-13H,10-11,14H2,1-9H3,(H,26,27)(H2,23,24,25);1H. The minimum absolute atomic E-state index is 0. The predicted octanol–water partition coefficient (Wildman–Crippen LogP) is 3.34. The number of hydrogen-bond donors (Lipinski definition) is 3. The zero-order valence-corrected chi connectivity index (χ0v) is 23.0. The van der Waals surface area contributed by atoms with Gasteiger partial charge in [-0.2, -0.15) is 0 Å². The molecule has 0 unspecified atom stereocenters. The molecule has 1 aromatic rings. The molecule has 0 spiro atoms. The van der Waals surface area contributed by atoms with Crippen molar-refractivity contribution in [3.8, 4) is 17.2 Å². The van der Waals surface area contributed by atoms with Gasteiger partial charge in [0.05, 0.1) is 26.9 Å². The largest absolute Gasteiger partial charge is 0.496 e. The summed E-state index contributed by atoms with van der Waals surface area (Å²) in [4.78, 5) is 16.3. The Morgan fingerprint density at radius 3 is 1.97 bits per heavy atom. The Balaban J connectivity index is 0.00000961. The number of hydrogen-bond acceptors (Lipinski definition) is 6. The van der Waals surface area contributed by atoms with Gasteiger partial charge < -0.3 is 34.9 Å². The lowest BCUT2D eigenvalue weighted by molar-refractivity contribution is 0.0474. The van der Waals surface area contributed by atoms with Crippen LogP contribution >= 0.6 is 24.0 Å². The maximum absolute atomic E-state index is 12.0. The lowest BCUT2D eigenvalue weighted by Crippen LogP contribution is -2.54. The minimum Gasteiger partial charge on any atom is -0.496 e. The molecule has 32 heavy (non-hydrogen) atoms. The number of ether oxygens (including phenoxy) is 4. The lowest BCUT2D eigenvalue weighted by atomic mass is 10.1. The molecule has 0 heterocycles. The van der Waals surface area contributed by atoms with E-state index in [1.54, 1.807) is 28.4 Å². The number of rotatable bonds is 9. The fraction of sp³-hybridized carbons (Fsp3) is 0.636. The van der Waals surface area contributed by atoms with Crippen molar-refractivity contribution in [2.45, 2.75) is 52.2 Å². The molecule has 0 bridgehead atoms. The molecule has 0 aliphatic heterocycles. The van der Waals surface area contributed by atoms with Gasteiger partial charge in [-0.05, 0) is 41.0 Å². The van der Waals surface area contributed by atoms with Crippen LogP contribution in [0.2, 0.25) is 0 Å². The van der Waals surface area contributed by atoms with Crippen LogP contribution in [-0.2, 0) is 11.2 Å². The summed E-state index contributed by atoms with van der Waals surface area (Å²) in [5, 5.41) is 9.36. The predicted molar refractivity (Wildman–Crippen MR) is 138 cm³/mol. The third-order valence-corrected chi connectivity index (χ3v) is 4.25. The Labute approximate surface area is 209 Å². The van der Waals surface area contributed by atoms with E-state index >= 15 is 0 Å². The van der Waals surface area contributed by atoms with Gasteiger partial charge in [0.1, 0.15) is 22.8 Å². The molecule has 0 radical (unpaired) electrons. The van der Waals surface area contributed by atoms with Crippen molar-refractivity contribution in [1.29, 1.82) is 0 Å². The maximum atomic E-state index is 12.0. The molecule has 1 aromatic carbocycles. The molecule has 9 nitrogen and oxygen atoms in total. The van der Waals surface area contributed by atoms with E-state index in [-0.39, 0.29) is 24.0 Å². The van der Waals surface area contributed by atoms with Crippen LogP contribution in [0.3, 0.4) is 0 Å². The minimum atomic E-state index is -0.547. The smallest absolute Gasteiger partial charge is 0.408 e. The Morgan fingerprint density at radius 1 is 0.969 bits per heavy atom. The second kappa shape index (κ2) is 13.4. The van der Waals surface area contributed by atoms with E-state index in [9.17, 15) is 4.79 Å². The highest BCUT2D eigenvalue weighted by Gasteiger charge is 2.24. The SMILES string of the molecule is CN=C(NCCc1c(OC)cc(OC)cc1OC)NCC(C)(C)NC(=O)OC(C)(C)C.I. The van der Waals surface area contributed by atoms with Crippen molar-refractivity contribution in [2.24, 2.45) is 4.99 Å². The molecule has 0 atom stereocenters. The molecule has 0 saturated heterocycles. The Bertz CT molecular complexity index is 738. The maximum Gasteiger partial charge on any atom is 0.408 e. The van der Waals surface area contributed by atoms with Crippen LogP contribution in [0.4, 0.5) is 4.79 Å². The molecule has 1 rings (SSSR count). The first-order chi connectivity index (χ1) is 14.4. The number of alkyl carbamates (subject to hydrolysis) is 1. The summed E-state index contributed by atoms with van der Waals surface area (Å²) in [6.45, 7) is 10.4. The van der Waals surface area contributed by atoms with E-state index in [4.69, 9.17) is 18.9 Å². The Hall–Kier alpha value is -2.11. The van der Waals surface area contributed by atoms with Gasteiger partial charge in [-0.1, -0.05) is 0 Å². The van der Waals surface area contributed by atoms with Crippen molar-refractivity contribution < 1.29 is 23.7 Å². The van der Waals surface area contributed by atoms with Gasteiger partial charge in [-0.25, -0.2) is 4.79 Å². The first kappa shape index (κ1) is 29.9. The second-order valence-corrected chi connectivity index (χ2v) is 8.62. The van der Waals surface area contributed by atoms with Crippen LogP contribution in [-0.4, -0.2) is 64.7 Å². The van der Waals surface area contributed by atoms with Gasteiger partial charge in [0.2, 0.25) is 0 Å². The normalized spacial score (nSPS) is 11.7. The van der Waals surface area contributed by atoms with Crippen LogP contribution in [0, 0.1) is 0 Å². The van der Waals surface area contributed by atoms with E-state index in [2.05, 4.69) is 20.9 Å². The van der Waals surface area contributed by atoms with Gasteiger partial charge in [-0.15, -0.1) is 24.0 Å². The van der Waals surface area contributed by atoms with Gasteiger partial charge in [0.15, 0.2) is 5.96 Å². The molecular weight excluding hydrogens is 527 g/mol. The van der Waals surface area contributed by atoms with E-state index in [1.165, 1.54) is 0 Å². The zero-order valence-electron chi connectivity index (χ0n) is 20.7. The molecule has 0 aromatic heterocycles. The molecule has 0 fully saturated rings. The molecule has 0 aliphatic rings. The molecule has 0 aliphatic carbocycles. The third-order valence-electron chi connectivity index (χ3n) is 4.25. The Morgan fingerprint density at radius 2 is 1.53 bits per heavy atom. The summed E-state index contributed by atoms with van der Waals surface area (Å²) in [5.74, 6) is 2.68. The average molecular weight is 566 g/mol. The number of nitrogens with zero attached hydrogens (tertiary/aromatic N) is 1. The van der Waals surface area contributed by atoms with Gasteiger partial charge >= 0.3 is 6.09 Å². The van der Waals surface area contributed by atoms with E-state index in [0.29, 0.717) is 42.7 Å². The second-order valence-electron chi connectivity index (χ2n) is 8.62. The summed E-state index contributed by atoms with van der Waals surface area (Å²) in [5.41, 5.74) is -0.155. The number of carbonyl (C=O) groups excluding carboxylic acids is 1. The summed E-state index contributed by atoms with van der Waals surface area (Å²) in [6, 6.07) is 3.66. The third kappa shape index (κ3) is 10.5. The molecule has 0 saturated carbocycles. The van der Waals surface area contributed by atoms with Crippen molar-refractivity contribution in [1.82, 2.24) is 16.0 Å². The van der Waals surface area contributed by atoms with E-state index < -0.39 is 17.2 Å². The van der Waals surface area contributed by atoms with E-state index in [0.717, 1.165) is 5.56 Å². The van der Waals surface area contributed by atoms with E-state index in [1.807, 2.05) is 46.8 Å². The fourth-order valence-electron chi connectivity index (χ4n) is 2.78. The summed E-state index contributed by atoms with van der Waals surface area (Å²) < 4.78 is 21.6. The van der Waals surface area contributed by atoms with Crippen LogP contribution in [0.15, 0.2) is 17.1 Å². The number of benzene rings is 1. The van der Waals surface area contributed by atoms with Crippen LogP contribution in [0.25, 0.3) is 0 Å². The fourth-order valence-corrected chi connectivity index (χ4v) is 2.78. The van der Waals surface area contributed by atoms with Crippen molar-refractivity contribution >= 4 is 36.0 Å². The highest BCUT2D eigenvalue weighted by Crippen LogP contribution is 2.34. The van der Waals surface area contributed by atoms with Crippen molar-refractivity contribution in [3.05, 3.63) is 17.7 Å². The van der Waals surface area contributed by atoms with Gasteiger partial charge in [0.25, 0.3) is 0 Å². The van der Waals surface area contributed by atoms with Crippen LogP contribution in [0.1, 0.15) is 40.2 Å². The number of nitrogens with one attached hydrogen (secondary N) is 3. The highest BCUT2D eigenvalue weighted by molar-refractivity contribution is 14.0. The van der Waals surface area contributed by atoms with Crippen LogP contribution < -0.4 is 30.2 Å². The van der Waals surface area contributed by atoms with Crippen molar-refractivity contribution in [2.75, 3.05) is 41.5 Å². The first-order valence-electron chi connectivity index (χ1n) is 10.2. The van der Waals surface area contributed by atoms with Gasteiger partial charge in [0, 0.05) is 37.8 Å². The van der Waals surface area contributed by atoms with Crippen LogP contribution in [0.5, 0.6) is 17.2 Å². The quantitative estimate of drug-likeness (QED) is 0.240. The molecule has 3 N–H and O–H groups in total. The number of aliphatic imine (C=N–C) groups is 1. The number of halogens is 1. The number of amides is 1.